The largest absolute Gasteiger partial charge is 0.295 e. The smallest absolute Gasteiger partial charge is 0.242 e. The number of likely N-dealkylation sites (tertiary alicyclic amines) is 1. The second-order valence-electron chi connectivity index (χ2n) is 7.74. The van der Waals surface area contributed by atoms with Crippen LogP contribution in [-0.4, -0.2) is 53.0 Å². The average Bonchev–Trinajstić information content (AvgIpc) is 3.37. The van der Waals surface area contributed by atoms with E-state index >= 15 is 0 Å². The van der Waals surface area contributed by atoms with Crippen LogP contribution in [0.4, 0.5) is 5.69 Å². The fourth-order valence-electron chi connectivity index (χ4n) is 4.09. The standard InChI is InChI=1S/C21H25N3O5S2/c25-21-12-15-30(26,27)24(21)18-8-10-19(11-9-18)31(28,29)22-16-20(23-13-4-5-14-23)17-6-2-1-3-7-17/h1-3,6-11,20,22H,4-5,12-16H2/t20-/m1/s1. The quantitative estimate of drug-likeness (QED) is 0.672. The molecular formula is C21H25N3O5S2. The van der Waals surface area contributed by atoms with Crippen LogP contribution in [0.25, 0.3) is 0 Å². The van der Waals surface area contributed by atoms with Gasteiger partial charge in [-0.15, -0.1) is 0 Å². The number of anilines is 1. The normalized spacial score (nSPS) is 20.3. The first-order chi connectivity index (χ1) is 14.8. The molecule has 166 valence electrons. The van der Waals surface area contributed by atoms with E-state index in [4.69, 9.17) is 0 Å². The van der Waals surface area contributed by atoms with E-state index in [1.165, 1.54) is 24.3 Å². The molecule has 2 aliphatic heterocycles. The number of rotatable bonds is 7. The van der Waals surface area contributed by atoms with Crippen molar-refractivity contribution in [2.24, 2.45) is 0 Å². The number of nitrogens with zero attached hydrogens (tertiary/aromatic N) is 2. The molecule has 0 saturated carbocycles. The third kappa shape index (κ3) is 4.67. The molecule has 2 aliphatic rings. The van der Waals surface area contributed by atoms with Crippen LogP contribution >= 0.6 is 0 Å². The monoisotopic (exact) mass is 463 g/mol. The molecule has 10 heteroatoms. The molecule has 2 aromatic carbocycles. The Morgan fingerprint density at radius 3 is 2.19 bits per heavy atom. The summed E-state index contributed by atoms with van der Waals surface area (Å²) in [6.07, 6.45) is 2.12. The van der Waals surface area contributed by atoms with Gasteiger partial charge in [-0.05, 0) is 55.8 Å². The summed E-state index contributed by atoms with van der Waals surface area (Å²) in [6, 6.07) is 15.1. The van der Waals surface area contributed by atoms with Gasteiger partial charge in [-0.2, -0.15) is 0 Å². The fourth-order valence-corrected chi connectivity index (χ4v) is 6.59. The van der Waals surface area contributed by atoms with Crippen molar-refractivity contribution in [3.8, 4) is 0 Å². The lowest BCUT2D eigenvalue weighted by molar-refractivity contribution is -0.116. The lowest BCUT2D eigenvalue weighted by Crippen LogP contribution is -2.36. The summed E-state index contributed by atoms with van der Waals surface area (Å²) in [4.78, 5) is 14.2. The van der Waals surface area contributed by atoms with Crippen molar-refractivity contribution in [1.82, 2.24) is 9.62 Å². The van der Waals surface area contributed by atoms with Gasteiger partial charge in [0.05, 0.1) is 16.3 Å². The zero-order chi connectivity index (χ0) is 22.1. The van der Waals surface area contributed by atoms with Gasteiger partial charge < -0.3 is 0 Å². The third-order valence-corrected chi connectivity index (χ3v) is 8.82. The van der Waals surface area contributed by atoms with Crippen LogP contribution < -0.4 is 9.03 Å². The maximum absolute atomic E-state index is 12.9. The number of nitrogens with one attached hydrogen (secondary N) is 1. The minimum absolute atomic E-state index is 0.0218. The van der Waals surface area contributed by atoms with Crippen molar-refractivity contribution < 1.29 is 21.6 Å². The van der Waals surface area contributed by atoms with E-state index in [2.05, 4.69) is 9.62 Å². The van der Waals surface area contributed by atoms with Crippen molar-refractivity contribution in [3.63, 3.8) is 0 Å². The summed E-state index contributed by atoms with van der Waals surface area (Å²) >= 11 is 0. The number of carbonyl (C=O) groups excluding carboxylic acids is 1. The van der Waals surface area contributed by atoms with E-state index in [0.717, 1.165) is 35.8 Å². The SMILES string of the molecule is O=C1CCS(=O)(=O)N1c1ccc(S(=O)(=O)NC[C@H](c2ccccc2)N2CCCC2)cc1. The first-order valence-electron chi connectivity index (χ1n) is 10.2. The molecular weight excluding hydrogens is 438 g/mol. The van der Waals surface area contributed by atoms with Crippen molar-refractivity contribution in [1.29, 1.82) is 0 Å². The predicted molar refractivity (Wildman–Crippen MR) is 118 cm³/mol. The van der Waals surface area contributed by atoms with Crippen molar-refractivity contribution in [3.05, 3.63) is 60.2 Å². The zero-order valence-electron chi connectivity index (χ0n) is 17.0. The number of sulfonamides is 2. The Balaban J connectivity index is 1.51. The average molecular weight is 464 g/mol. The second-order valence-corrected chi connectivity index (χ2v) is 11.4. The molecule has 0 radical (unpaired) electrons. The van der Waals surface area contributed by atoms with E-state index in [-0.39, 0.29) is 35.3 Å². The Morgan fingerprint density at radius 1 is 0.968 bits per heavy atom. The van der Waals surface area contributed by atoms with Crippen LogP contribution in [-0.2, 0) is 24.8 Å². The summed E-state index contributed by atoms with van der Waals surface area (Å²) in [6.45, 7) is 2.08. The lowest BCUT2D eigenvalue weighted by Gasteiger charge is -2.28. The van der Waals surface area contributed by atoms with Crippen molar-refractivity contribution >= 4 is 31.6 Å². The maximum Gasteiger partial charge on any atom is 0.242 e. The predicted octanol–water partition coefficient (Wildman–Crippen LogP) is 1.87. The molecule has 2 fully saturated rings. The third-order valence-electron chi connectivity index (χ3n) is 5.69. The Kier molecular flexibility index (Phi) is 6.16. The van der Waals surface area contributed by atoms with Crippen molar-refractivity contribution in [2.45, 2.75) is 30.2 Å². The topological polar surface area (TPSA) is 104 Å². The van der Waals surface area contributed by atoms with Gasteiger partial charge in [0.25, 0.3) is 0 Å². The van der Waals surface area contributed by atoms with Gasteiger partial charge in [-0.1, -0.05) is 30.3 Å². The van der Waals surface area contributed by atoms with E-state index < -0.39 is 26.0 Å². The molecule has 0 aliphatic carbocycles. The first-order valence-corrected chi connectivity index (χ1v) is 13.3. The molecule has 31 heavy (non-hydrogen) atoms. The lowest BCUT2D eigenvalue weighted by atomic mass is 10.1. The molecule has 0 spiro atoms. The Hall–Kier alpha value is -2.27. The van der Waals surface area contributed by atoms with Gasteiger partial charge >= 0.3 is 0 Å². The number of carbonyl (C=O) groups is 1. The molecule has 2 saturated heterocycles. The van der Waals surface area contributed by atoms with Gasteiger partial charge in [0.15, 0.2) is 0 Å². The van der Waals surface area contributed by atoms with E-state index in [1.807, 2.05) is 30.3 Å². The van der Waals surface area contributed by atoms with Gasteiger partial charge in [0, 0.05) is 19.0 Å². The first kappa shape index (κ1) is 21.9. The molecule has 0 unspecified atom stereocenters. The molecule has 2 aromatic rings. The van der Waals surface area contributed by atoms with E-state index in [1.54, 1.807) is 0 Å². The molecule has 1 atom stereocenters. The van der Waals surface area contributed by atoms with Crippen molar-refractivity contribution in [2.75, 3.05) is 29.7 Å². The van der Waals surface area contributed by atoms with Crippen LogP contribution in [0, 0.1) is 0 Å². The number of benzene rings is 2. The molecule has 1 amide bonds. The van der Waals surface area contributed by atoms with Gasteiger partial charge in [0.2, 0.25) is 26.0 Å². The maximum atomic E-state index is 12.9. The summed E-state index contributed by atoms with van der Waals surface area (Å²) in [5, 5.41) is 0. The number of hydrogen-bond acceptors (Lipinski definition) is 6. The highest BCUT2D eigenvalue weighted by Crippen LogP contribution is 2.27. The molecule has 0 bridgehead atoms. The number of amides is 1. The van der Waals surface area contributed by atoms with E-state index in [0.29, 0.717) is 0 Å². The van der Waals surface area contributed by atoms with Crippen LogP contribution in [0.2, 0.25) is 0 Å². The van der Waals surface area contributed by atoms with Crippen LogP contribution in [0.3, 0.4) is 0 Å². The molecule has 4 rings (SSSR count). The van der Waals surface area contributed by atoms with Crippen LogP contribution in [0.15, 0.2) is 59.5 Å². The highest BCUT2D eigenvalue weighted by Gasteiger charge is 2.36. The number of hydrogen-bond donors (Lipinski definition) is 1. The Bertz CT molecular complexity index is 1140. The van der Waals surface area contributed by atoms with Gasteiger partial charge in [0.1, 0.15) is 0 Å². The molecule has 0 aromatic heterocycles. The minimum Gasteiger partial charge on any atom is -0.295 e. The zero-order valence-corrected chi connectivity index (χ0v) is 18.6. The second kappa shape index (κ2) is 8.70. The van der Waals surface area contributed by atoms with Gasteiger partial charge in [-0.25, -0.2) is 25.9 Å². The summed E-state index contributed by atoms with van der Waals surface area (Å²) < 4.78 is 53.3. The van der Waals surface area contributed by atoms with Crippen LogP contribution in [0.1, 0.15) is 30.9 Å². The highest BCUT2D eigenvalue weighted by atomic mass is 32.2. The molecule has 2 heterocycles. The summed E-state index contributed by atoms with van der Waals surface area (Å²) in [7, 11) is -7.49. The Labute approximate surface area is 183 Å². The fraction of sp³-hybridized carbons (Fsp3) is 0.381. The van der Waals surface area contributed by atoms with Gasteiger partial charge in [-0.3, -0.25) is 9.69 Å². The highest BCUT2D eigenvalue weighted by molar-refractivity contribution is 7.94. The van der Waals surface area contributed by atoms with Crippen LogP contribution in [0.5, 0.6) is 0 Å². The Morgan fingerprint density at radius 2 is 1.61 bits per heavy atom. The summed E-state index contributed by atoms with van der Waals surface area (Å²) in [5.74, 6) is -0.741. The molecule has 8 nitrogen and oxygen atoms in total. The van der Waals surface area contributed by atoms with E-state index in [9.17, 15) is 21.6 Å². The molecule has 1 N–H and O–H groups in total. The minimum atomic E-state index is -3.81. The summed E-state index contributed by atoms with van der Waals surface area (Å²) in [5.41, 5.74) is 1.21.